The van der Waals surface area contributed by atoms with Crippen LogP contribution in [0.1, 0.15) is 77.9 Å². The number of hydrogen-bond acceptors (Lipinski definition) is 4. The zero-order valence-corrected chi connectivity index (χ0v) is 18.7. The van der Waals surface area contributed by atoms with Gasteiger partial charge in [-0.2, -0.15) is 0 Å². The number of hydrogen-bond donors (Lipinski definition) is 1. The molecule has 1 N–H and O–H groups in total. The Morgan fingerprint density at radius 1 is 1.10 bits per heavy atom. The third-order valence-corrected chi connectivity index (χ3v) is 9.05. The summed E-state index contributed by atoms with van der Waals surface area (Å²) in [4.78, 5) is 30.8. The average molecular weight is 431 g/mol. The minimum atomic E-state index is -0.417. The highest BCUT2D eigenvalue weighted by molar-refractivity contribution is 7.14. The second kappa shape index (κ2) is 8.62. The molecule has 30 heavy (non-hydrogen) atoms. The number of carbonyl (C=O) groups is 2. The van der Waals surface area contributed by atoms with Gasteiger partial charge in [-0.3, -0.25) is 9.59 Å². The monoisotopic (exact) mass is 430 g/mol. The van der Waals surface area contributed by atoms with E-state index in [4.69, 9.17) is 4.74 Å². The van der Waals surface area contributed by atoms with Crippen molar-refractivity contribution in [2.24, 2.45) is 11.3 Å². The normalized spacial score (nSPS) is 27.9. The fourth-order valence-electron chi connectivity index (χ4n) is 5.99. The van der Waals surface area contributed by atoms with Crippen LogP contribution in [-0.4, -0.2) is 49.1 Å². The fourth-order valence-corrected chi connectivity index (χ4v) is 7.16. The first-order valence-electron chi connectivity index (χ1n) is 12.0. The first-order chi connectivity index (χ1) is 14.6. The number of fused-ring (bicyclic) bond motifs is 2. The molecule has 0 radical (unpaired) electrons. The molecule has 3 fully saturated rings. The fraction of sp³-hybridized carbons (Fsp3) is 0.750. The van der Waals surface area contributed by atoms with E-state index in [9.17, 15) is 9.59 Å². The zero-order valence-electron chi connectivity index (χ0n) is 17.9. The van der Waals surface area contributed by atoms with Crippen LogP contribution in [0.3, 0.4) is 0 Å². The number of nitrogens with zero attached hydrogens (tertiary/aromatic N) is 1. The van der Waals surface area contributed by atoms with Crippen molar-refractivity contribution in [1.29, 1.82) is 0 Å². The smallest absolute Gasteiger partial charge is 0.261 e. The summed E-state index contributed by atoms with van der Waals surface area (Å²) >= 11 is 1.67. The number of amides is 2. The lowest BCUT2D eigenvalue weighted by molar-refractivity contribution is -0.141. The predicted molar refractivity (Wildman–Crippen MR) is 118 cm³/mol. The van der Waals surface area contributed by atoms with Gasteiger partial charge in [-0.1, -0.05) is 25.7 Å². The van der Waals surface area contributed by atoms with Crippen LogP contribution in [0.25, 0.3) is 0 Å². The molecule has 0 spiro atoms. The molecule has 0 aromatic carbocycles. The third-order valence-electron chi connectivity index (χ3n) is 7.81. The summed E-state index contributed by atoms with van der Waals surface area (Å²) in [5.41, 5.74) is 0.959. The number of ether oxygens (including phenoxy) is 1. The largest absolute Gasteiger partial charge is 0.376 e. The van der Waals surface area contributed by atoms with E-state index in [1.54, 1.807) is 11.3 Å². The molecule has 2 aliphatic carbocycles. The summed E-state index contributed by atoms with van der Waals surface area (Å²) in [7, 11) is 0. The van der Waals surface area contributed by atoms with Crippen molar-refractivity contribution in [3.8, 4) is 0 Å². The maximum atomic E-state index is 13.5. The second-order valence-corrected chi connectivity index (χ2v) is 10.9. The number of carbonyl (C=O) groups excluding carboxylic acids is 2. The summed E-state index contributed by atoms with van der Waals surface area (Å²) in [5.74, 6) is 0.761. The van der Waals surface area contributed by atoms with Gasteiger partial charge in [0.1, 0.15) is 0 Å². The average Bonchev–Trinajstić information content (AvgIpc) is 3.49. The molecule has 5 nitrogen and oxygen atoms in total. The molecule has 6 heteroatoms. The lowest BCUT2D eigenvalue weighted by Gasteiger charge is -2.32. The molecule has 1 saturated carbocycles. The van der Waals surface area contributed by atoms with E-state index < -0.39 is 5.41 Å². The molecule has 164 valence electrons. The van der Waals surface area contributed by atoms with E-state index in [0.717, 1.165) is 69.5 Å². The highest BCUT2D eigenvalue weighted by atomic mass is 32.1. The van der Waals surface area contributed by atoms with Crippen LogP contribution in [0.2, 0.25) is 0 Å². The van der Waals surface area contributed by atoms with Gasteiger partial charge in [0.2, 0.25) is 5.91 Å². The van der Waals surface area contributed by atoms with E-state index in [-0.39, 0.29) is 17.9 Å². The van der Waals surface area contributed by atoms with Crippen LogP contribution in [0.15, 0.2) is 6.07 Å². The highest BCUT2D eigenvalue weighted by Crippen LogP contribution is 2.41. The molecular weight excluding hydrogens is 396 g/mol. The van der Waals surface area contributed by atoms with Gasteiger partial charge in [0.15, 0.2) is 0 Å². The summed E-state index contributed by atoms with van der Waals surface area (Å²) in [6.45, 7) is 2.87. The third kappa shape index (κ3) is 3.93. The van der Waals surface area contributed by atoms with E-state index in [0.29, 0.717) is 12.5 Å². The van der Waals surface area contributed by atoms with Gasteiger partial charge in [-0.15, -0.1) is 11.3 Å². The van der Waals surface area contributed by atoms with Gasteiger partial charge < -0.3 is 15.0 Å². The quantitative estimate of drug-likeness (QED) is 0.787. The minimum Gasteiger partial charge on any atom is -0.376 e. The molecule has 1 aromatic heterocycles. The maximum absolute atomic E-state index is 13.5. The van der Waals surface area contributed by atoms with Gasteiger partial charge in [0.05, 0.1) is 16.4 Å². The molecule has 3 heterocycles. The molecule has 5 rings (SSSR count). The summed E-state index contributed by atoms with van der Waals surface area (Å²) in [6, 6.07) is 2.11. The zero-order chi connectivity index (χ0) is 20.6. The van der Waals surface area contributed by atoms with Crippen molar-refractivity contribution in [2.45, 2.75) is 76.7 Å². The van der Waals surface area contributed by atoms with Crippen molar-refractivity contribution in [1.82, 2.24) is 10.2 Å². The van der Waals surface area contributed by atoms with Gasteiger partial charge in [0, 0.05) is 37.0 Å². The highest BCUT2D eigenvalue weighted by Gasteiger charge is 2.48. The Labute approximate surface area is 183 Å². The Balaban J connectivity index is 1.25. The molecule has 2 saturated heterocycles. The topological polar surface area (TPSA) is 58.6 Å². The molecule has 0 unspecified atom stereocenters. The van der Waals surface area contributed by atoms with E-state index in [1.165, 1.54) is 36.1 Å². The Morgan fingerprint density at radius 2 is 1.90 bits per heavy atom. The predicted octanol–water partition coefficient (Wildman–Crippen LogP) is 3.94. The van der Waals surface area contributed by atoms with Crippen LogP contribution in [-0.2, 0) is 22.4 Å². The SMILES string of the molecule is O=C(NCC1(C(=O)N2C[C@@H]3CCO[C@@H]3C2)CCCC1)c1cc2c(s1)CCCCCC2. The molecular formula is C24H34N2O3S. The van der Waals surface area contributed by atoms with Gasteiger partial charge in [-0.05, 0) is 56.6 Å². The van der Waals surface area contributed by atoms with Crippen LogP contribution < -0.4 is 5.32 Å². The van der Waals surface area contributed by atoms with E-state index in [1.807, 2.05) is 4.90 Å². The van der Waals surface area contributed by atoms with Crippen molar-refractivity contribution in [2.75, 3.05) is 26.2 Å². The number of aryl methyl sites for hydroxylation is 2. The standard InChI is InChI=1S/C24H34N2O3S/c27-22(21-13-17-7-3-1-2-4-8-20(17)30-21)25-16-24(10-5-6-11-24)23(28)26-14-18-9-12-29-19(18)15-26/h13,18-19H,1-12,14-16H2,(H,25,27)/t18-,19+/m0/s1. The molecule has 2 amide bonds. The Bertz CT molecular complexity index is 761. The van der Waals surface area contributed by atoms with Crippen LogP contribution in [0, 0.1) is 11.3 Å². The Morgan fingerprint density at radius 3 is 2.70 bits per heavy atom. The summed E-state index contributed by atoms with van der Waals surface area (Å²) in [6.07, 6.45) is 12.5. The number of rotatable bonds is 4. The van der Waals surface area contributed by atoms with E-state index in [2.05, 4.69) is 11.4 Å². The lowest BCUT2D eigenvalue weighted by Crippen LogP contribution is -2.48. The molecule has 2 aliphatic heterocycles. The second-order valence-electron chi connectivity index (χ2n) is 9.81. The lowest BCUT2D eigenvalue weighted by atomic mass is 9.84. The maximum Gasteiger partial charge on any atom is 0.261 e. The van der Waals surface area contributed by atoms with Crippen molar-refractivity contribution in [3.05, 3.63) is 21.4 Å². The van der Waals surface area contributed by atoms with Crippen molar-refractivity contribution < 1.29 is 14.3 Å². The molecule has 0 bridgehead atoms. The van der Waals surface area contributed by atoms with Crippen molar-refractivity contribution >= 4 is 23.2 Å². The van der Waals surface area contributed by atoms with E-state index >= 15 is 0 Å². The first-order valence-corrected chi connectivity index (χ1v) is 12.8. The molecule has 1 aromatic rings. The van der Waals surface area contributed by atoms with Crippen molar-refractivity contribution in [3.63, 3.8) is 0 Å². The van der Waals surface area contributed by atoms with Gasteiger partial charge in [-0.25, -0.2) is 0 Å². The van der Waals surface area contributed by atoms with Crippen LogP contribution in [0.4, 0.5) is 0 Å². The van der Waals surface area contributed by atoms with Crippen LogP contribution in [0.5, 0.6) is 0 Å². The Hall–Kier alpha value is -1.40. The minimum absolute atomic E-state index is 0.00690. The van der Waals surface area contributed by atoms with Gasteiger partial charge >= 0.3 is 0 Å². The summed E-state index contributed by atoms with van der Waals surface area (Å²) in [5, 5.41) is 3.17. The summed E-state index contributed by atoms with van der Waals surface area (Å²) < 4.78 is 5.80. The number of likely N-dealkylation sites (tertiary alicyclic amines) is 1. The van der Waals surface area contributed by atoms with Gasteiger partial charge in [0.25, 0.3) is 5.91 Å². The van der Waals surface area contributed by atoms with Crippen LogP contribution >= 0.6 is 11.3 Å². The number of nitrogens with one attached hydrogen (secondary N) is 1. The molecule has 2 atom stereocenters. The first kappa shape index (κ1) is 20.5. The molecule has 4 aliphatic rings. The Kier molecular flexibility index (Phi) is 5.89. The number of thiophene rings is 1.